The summed E-state index contributed by atoms with van der Waals surface area (Å²) < 4.78 is 0. The van der Waals surface area contributed by atoms with Gasteiger partial charge in [-0.15, -0.1) is 0 Å². The Bertz CT molecular complexity index is 265. The molecule has 0 aromatic carbocycles. The molecule has 4 heteroatoms. The zero-order valence-corrected chi connectivity index (χ0v) is 9.56. The summed E-state index contributed by atoms with van der Waals surface area (Å²) in [5.41, 5.74) is 0. The van der Waals surface area contributed by atoms with Gasteiger partial charge in [0.05, 0.1) is 5.92 Å². The minimum Gasteiger partial charge on any atom is -0.481 e. The fourth-order valence-electron chi connectivity index (χ4n) is 1.67. The number of rotatable bonds is 5. The number of carbonyl (C=O) groups excluding carboxylic acids is 1. The van der Waals surface area contributed by atoms with Gasteiger partial charge in [0.25, 0.3) is 0 Å². The van der Waals surface area contributed by atoms with Crippen LogP contribution in [-0.2, 0) is 9.59 Å². The van der Waals surface area contributed by atoms with Gasteiger partial charge in [0, 0.05) is 19.5 Å². The first-order chi connectivity index (χ1) is 6.93. The molecule has 1 aliphatic rings. The van der Waals surface area contributed by atoms with Crippen molar-refractivity contribution in [2.24, 2.45) is 11.8 Å². The van der Waals surface area contributed by atoms with Crippen LogP contribution in [0.2, 0.25) is 0 Å². The van der Waals surface area contributed by atoms with Crippen LogP contribution in [0.4, 0.5) is 0 Å². The molecular weight excluding hydrogens is 194 g/mol. The van der Waals surface area contributed by atoms with Crippen molar-refractivity contribution in [3.63, 3.8) is 0 Å². The van der Waals surface area contributed by atoms with E-state index >= 15 is 0 Å². The van der Waals surface area contributed by atoms with Gasteiger partial charge < -0.3 is 10.0 Å². The molecule has 0 radical (unpaired) electrons. The first kappa shape index (κ1) is 12.0. The number of carboxylic acids is 1. The number of nitrogens with zero attached hydrogens (tertiary/aromatic N) is 1. The quantitative estimate of drug-likeness (QED) is 0.750. The molecule has 2 unspecified atom stereocenters. The van der Waals surface area contributed by atoms with Gasteiger partial charge >= 0.3 is 5.97 Å². The van der Waals surface area contributed by atoms with Gasteiger partial charge in [-0.1, -0.05) is 13.8 Å². The molecule has 15 heavy (non-hydrogen) atoms. The van der Waals surface area contributed by atoms with E-state index in [1.807, 2.05) is 7.05 Å². The lowest BCUT2D eigenvalue weighted by Gasteiger charge is -2.17. The topological polar surface area (TPSA) is 57.6 Å². The second kappa shape index (κ2) is 4.64. The highest BCUT2D eigenvalue weighted by Crippen LogP contribution is 2.34. The average molecular weight is 213 g/mol. The van der Waals surface area contributed by atoms with E-state index in [1.165, 1.54) is 0 Å². The molecule has 0 aromatic rings. The number of carbonyl (C=O) groups is 2. The third-order valence-electron chi connectivity index (χ3n) is 3.17. The van der Waals surface area contributed by atoms with E-state index in [0.29, 0.717) is 24.8 Å². The highest BCUT2D eigenvalue weighted by atomic mass is 16.4. The molecular formula is C11H19NO3. The first-order valence-corrected chi connectivity index (χ1v) is 5.42. The Balaban J connectivity index is 2.26. The Hall–Kier alpha value is -1.06. The molecule has 86 valence electrons. The highest BCUT2D eigenvalue weighted by molar-refractivity contribution is 5.77. The molecule has 3 atom stereocenters. The highest BCUT2D eigenvalue weighted by Gasteiger charge is 2.38. The maximum Gasteiger partial charge on any atom is 0.306 e. The zero-order chi connectivity index (χ0) is 11.6. The number of hydrogen-bond acceptors (Lipinski definition) is 2. The minimum absolute atomic E-state index is 0.0671. The van der Waals surface area contributed by atoms with Crippen LogP contribution in [0.1, 0.15) is 33.1 Å². The lowest BCUT2D eigenvalue weighted by atomic mass is 10.1. The predicted octanol–water partition coefficient (Wildman–Crippen LogP) is 1.35. The summed E-state index contributed by atoms with van der Waals surface area (Å²) in [6.45, 7) is 3.75. The maximum atomic E-state index is 11.6. The molecule has 0 spiro atoms. The monoisotopic (exact) mass is 213 g/mol. The minimum atomic E-state index is -0.828. The molecule has 1 aliphatic carbocycles. The smallest absolute Gasteiger partial charge is 0.306 e. The zero-order valence-electron chi connectivity index (χ0n) is 9.56. The molecule has 1 saturated carbocycles. The van der Waals surface area contributed by atoms with Crippen LogP contribution in [0, 0.1) is 11.8 Å². The van der Waals surface area contributed by atoms with Crippen molar-refractivity contribution in [2.45, 2.75) is 39.2 Å². The van der Waals surface area contributed by atoms with E-state index < -0.39 is 11.9 Å². The molecule has 1 rings (SSSR count). The van der Waals surface area contributed by atoms with Crippen molar-refractivity contribution < 1.29 is 14.7 Å². The largest absolute Gasteiger partial charge is 0.481 e. The van der Waals surface area contributed by atoms with Gasteiger partial charge in [0.2, 0.25) is 5.91 Å². The lowest BCUT2D eigenvalue weighted by Crippen LogP contribution is -2.30. The van der Waals surface area contributed by atoms with Crippen LogP contribution in [0.5, 0.6) is 0 Å². The molecule has 0 aliphatic heterocycles. The molecule has 1 amide bonds. The van der Waals surface area contributed by atoms with Crippen molar-refractivity contribution in [1.29, 1.82) is 0 Å². The normalized spacial score (nSPS) is 25.8. The summed E-state index contributed by atoms with van der Waals surface area (Å²) in [6.07, 6.45) is 1.85. The summed E-state index contributed by atoms with van der Waals surface area (Å²) in [7, 11) is 1.81. The van der Waals surface area contributed by atoms with Crippen LogP contribution in [0.25, 0.3) is 0 Å². The summed E-state index contributed by atoms with van der Waals surface area (Å²) in [6, 6.07) is 0.387. The lowest BCUT2D eigenvalue weighted by molar-refractivity contribution is -0.141. The molecule has 0 saturated heterocycles. The summed E-state index contributed by atoms with van der Waals surface area (Å²) in [4.78, 5) is 23.9. The van der Waals surface area contributed by atoms with Crippen LogP contribution in [-0.4, -0.2) is 35.0 Å². The van der Waals surface area contributed by atoms with Crippen LogP contribution >= 0.6 is 0 Å². The predicted molar refractivity (Wildman–Crippen MR) is 56.4 cm³/mol. The van der Waals surface area contributed by atoms with Gasteiger partial charge in [-0.25, -0.2) is 0 Å². The first-order valence-electron chi connectivity index (χ1n) is 5.42. The third kappa shape index (κ3) is 3.22. The molecule has 0 aromatic heterocycles. The number of carboxylic acid groups (broad SMARTS) is 1. The van der Waals surface area contributed by atoms with Gasteiger partial charge in [-0.05, 0) is 18.8 Å². The Kier molecular flexibility index (Phi) is 3.72. The van der Waals surface area contributed by atoms with E-state index in [2.05, 4.69) is 6.92 Å². The molecule has 1 N–H and O–H groups in total. The molecule has 0 bridgehead atoms. The Labute approximate surface area is 90.3 Å². The summed E-state index contributed by atoms with van der Waals surface area (Å²) in [5, 5.41) is 8.67. The molecule has 0 heterocycles. The van der Waals surface area contributed by atoms with E-state index in [1.54, 1.807) is 11.8 Å². The number of amides is 1. The third-order valence-corrected chi connectivity index (χ3v) is 3.17. The maximum absolute atomic E-state index is 11.6. The van der Waals surface area contributed by atoms with Gasteiger partial charge in [-0.3, -0.25) is 9.59 Å². The van der Waals surface area contributed by atoms with E-state index in [9.17, 15) is 9.59 Å². The summed E-state index contributed by atoms with van der Waals surface area (Å²) in [5.74, 6) is -0.586. The Morgan fingerprint density at radius 1 is 1.53 bits per heavy atom. The van der Waals surface area contributed by atoms with Crippen LogP contribution in [0.3, 0.4) is 0 Å². The van der Waals surface area contributed by atoms with Gasteiger partial charge in [0.1, 0.15) is 0 Å². The Morgan fingerprint density at radius 3 is 2.47 bits per heavy atom. The number of hydrogen-bond donors (Lipinski definition) is 1. The van der Waals surface area contributed by atoms with Crippen molar-refractivity contribution in [3.05, 3.63) is 0 Å². The molecule has 4 nitrogen and oxygen atoms in total. The number of aliphatic carboxylic acids is 1. The SMILES string of the molecule is CC(CCC(=O)N(C)[C@H]1CC1C)C(=O)O. The van der Waals surface area contributed by atoms with Crippen molar-refractivity contribution >= 4 is 11.9 Å². The van der Waals surface area contributed by atoms with E-state index in [-0.39, 0.29) is 5.91 Å². The second-order valence-electron chi connectivity index (χ2n) is 4.56. The standard InChI is InChI=1S/C11H19NO3/c1-7(11(14)15)4-5-10(13)12(3)9-6-8(9)2/h7-9H,4-6H2,1-3H3,(H,14,15)/t7?,8?,9-/m0/s1. The van der Waals surface area contributed by atoms with Crippen molar-refractivity contribution in [3.8, 4) is 0 Å². The van der Waals surface area contributed by atoms with Crippen molar-refractivity contribution in [2.75, 3.05) is 7.05 Å². The van der Waals surface area contributed by atoms with E-state index in [0.717, 1.165) is 6.42 Å². The fraction of sp³-hybridized carbons (Fsp3) is 0.818. The molecule has 1 fully saturated rings. The van der Waals surface area contributed by atoms with Crippen LogP contribution in [0.15, 0.2) is 0 Å². The van der Waals surface area contributed by atoms with Crippen molar-refractivity contribution in [1.82, 2.24) is 4.90 Å². The van der Waals surface area contributed by atoms with Crippen LogP contribution < -0.4 is 0 Å². The second-order valence-corrected chi connectivity index (χ2v) is 4.56. The van der Waals surface area contributed by atoms with E-state index in [4.69, 9.17) is 5.11 Å². The van der Waals surface area contributed by atoms with Gasteiger partial charge in [0.15, 0.2) is 0 Å². The van der Waals surface area contributed by atoms with Gasteiger partial charge in [-0.2, -0.15) is 0 Å². The summed E-state index contributed by atoms with van der Waals surface area (Å²) >= 11 is 0. The average Bonchev–Trinajstić information content (AvgIpc) is 2.89. The fourth-order valence-corrected chi connectivity index (χ4v) is 1.67. The Morgan fingerprint density at radius 2 is 2.07 bits per heavy atom.